The summed E-state index contributed by atoms with van der Waals surface area (Å²) in [5, 5.41) is 10.9. The molecule has 2 rings (SSSR count). The van der Waals surface area contributed by atoms with Crippen LogP contribution >= 0.6 is 0 Å². The Bertz CT molecular complexity index is 709. The van der Waals surface area contributed by atoms with Crippen molar-refractivity contribution in [3.63, 3.8) is 0 Å². The van der Waals surface area contributed by atoms with Crippen molar-refractivity contribution in [3.8, 4) is 0 Å². The molecule has 8 heteroatoms. The Morgan fingerprint density at radius 1 is 1.42 bits per heavy atom. The lowest BCUT2D eigenvalue weighted by Crippen LogP contribution is -2.39. The monoisotopic (exact) mass is 354 g/mol. The van der Waals surface area contributed by atoms with Crippen LogP contribution in [-0.2, 0) is 14.8 Å². The van der Waals surface area contributed by atoms with E-state index in [0.29, 0.717) is 50.6 Å². The van der Waals surface area contributed by atoms with Gasteiger partial charge in [0.05, 0.1) is 16.4 Å². The fourth-order valence-corrected chi connectivity index (χ4v) is 4.47. The number of hydrogen-bond acceptors (Lipinski definition) is 5. The summed E-state index contributed by atoms with van der Waals surface area (Å²) in [7, 11) is -3.73. The van der Waals surface area contributed by atoms with Gasteiger partial charge < -0.3 is 4.74 Å². The number of hydrogen-bond donors (Lipinski definition) is 0. The standard InChI is InChI=1S/C16H22N2O5S/c1-3-10-23-12-14-6-8-17(9-7-14)24(21,22)16-11-15(18(19)20)5-4-13(16)2/h3-5,11,14H,1,6-10,12H2,2H3. The number of ether oxygens (including phenoxy) is 1. The lowest BCUT2D eigenvalue weighted by molar-refractivity contribution is -0.385. The fourth-order valence-electron chi connectivity index (χ4n) is 2.75. The number of non-ortho nitro benzene ring substituents is 1. The summed E-state index contributed by atoms with van der Waals surface area (Å²) in [4.78, 5) is 10.3. The largest absolute Gasteiger partial charge is 0.377 e. The molecule has 1 saturated heterocycles. The third kappa shape index (κ3) is 4.19. The molecule has 0 unspecified atom stereocenters. The van der Waals surface area contributed by atoms with Gasteiger partial charge >= 0.3 is 0 Å². The molecule has 0 N–H and O–H groups in total. The molecule has 0 radical (unpaired) electrons. The van der Waals surface area contributed by atoms with E-state index in [4.69, 9.17) is 4.74 Å². The Morgan fingerprint density at radius 3 is 2.67 bits per heavy atom. The van der Waals surface area contributed by atoms with Crippen molar-refractivity contribution in [3.05, 3.63) is 46.5 Å². The van der Waals surface area contributed by atoms with Crippen LogP contribution in [0.2, 0.25) is 0 Å². The number of piperidine rings is 1. The van der Waals surface area contributed by atoms with Crippen LogP contribution in [0, 0.1) is 23.0 Å². The lowest BCUT2D eigenvalue weighted by atomic mass is 9.99. The Morgan fingerprint density at radius 2 is 2.08 bits per heavy atom. The smallest absolute Gasteiger partial charge is 0.270 e. The number of sulfonamides is 1. The highest BCUT2D eigenvalue weighted by Crippen LogP contribution is 2.28. The predicted molar refractivity (Wildman–Crippen MR) is 90.3 cm³/mol. The number of rotatable bonds is 7. The summed E-state index contributed by atoms with van der Waals surface area (Å²) in [6, 6.07) is 3.93. The van der Waals surface area contributed by atoms with Gasteiger partial charge in [-0.2, -0.15) is 4.31 Å². The maximum absolute atomic E-state index is 12.8. The molecule has 1 fully saturated rings. The molecule has 1 aliphatic rings. The summed E-state index contributed by atoms with van der Waals surface area (Å²) in [6.07, 6.45) is 3.11. The maximum atomic E-state index is 12.8. The van der Waals surface area contributed by atoms with E-state index in [1.54, 1.807) is 13.0 Å². The van der Waals surface area contributed by atoms with Crippen molar-refractivity contribution < 1.29 is 18.1 Å². The SMILES string of the molecule is C=CCOCC1CCN(S(=O)(=O)c2cc([N+](=O)[O-])ccc2C)CC1. The Kier molecular flexibility index (Phi) is 6.09. The quantitative estimate of drug-likeness (QED) is 0.325. The van der Waals surface area contributed by atoms with Crippen molar-refractivity contribution in [2.45, 2.75) is 24.7 Å². The highest BCUT2D eigenvalue weighted by atomic mass is 32.2. The third-order valence-corrected chi connectivity index (χ3v) is 6.20. The van der Waals surface area contributed by atoms with Gasteiger partial charge in [-0.3, -0.25) is 10.1 Å². The molecule has 1 aromatic rings. The van der Waals surface area contributed by atoms with Crippen LogP contribution in [0.4, 0.5) is 5.69 Å². The Balaban J connectivity index is 2.11. The average Bonchev–Trinajstić information content (AvgIpc) is 2.55. The number of nitro groups is 1. The van der Waals surface area contributed by atoms with Gasteiger partial charge in [0.15, 0.2) is 0 Å². The minimum Gasteiger partial charge on any atom is -0.377 e. The molecule has 7 nitrogen and oxygen atoms in total. The molecule has 1 aromatic carbocycles. The molecular formula is C16H22N2O5S. The van der Waals surface area contributed by atoms with E-state index in [2.05, 4.69) is 6.58 Å². The number of nitrogens with zero attached hydrogens (tertiary/aromatic N) is 2. The van der Waals surface area contributed by atoms with Crippen LogP contribution in [0.1, 0.15) is 18.4 Å². The summed E-state index contributed by atoms with van der Waals surface area (Å²) >= 11 is 0. The Labute approximate surface area is 142 Å². The normalized spacial score (nSPS) is 16.9. The molecule has 0 amide bonds. The van der Waals surface area contributed by atoms with Gasteiger partial charge in [-0.1, -0.05) is 12.1 Å². The topological polar surface area (TPSA) is 89.8 Å². The van der Waals surface area contributed by atoms with E-state index in [0.717, 1.165) is 6.07 Å². The highest BCUT2D eigenvalue weighted by molar-refractivity contribution is 7.89. The summed E-state index contributed by atoms with van der Waals surface area (Å²) in [5.74, 6) is 0.322. The van der Waals surface area contributed by atoms with Gasteiger partial charge in [0.2, 0.25) is 10.0 Å². The van der Waals surface area contributed by atoms with E-state index in [1.807, 2.05) is 0 Å². The van der Waals surface area contributed by atoms with E-state index < -0.39 is 14.9 Å². The zero-order valence-corrected chi connectivity index (χ0v) is 14.5. The molecule has 1 heterocycles. The van der Waals surface area contributed by atoms with Crippen LogP contribution in [0.25, 0.3) is 0 Å². The van der Waals surface area contributed by atoms with Gasteiger partial charge in [-0.25, -0.2) is 8.42 Å². The number of benzene rings is 1. The van der Waals surface area contributed by atoms with Crippen molar-refractivity contribution in [1.29, 1.82) is 0 Å². The van der Waals surface area contributed by atoms with Gasteiger partial charge in [-0.05, 0) is 31.2 Å². The summed E-state index contributed by atoms with van der Waals surface area (Å²) in [5.41, 5.74) is 0.295. The maximum Gasteiger partial charge on any atom is 0.270 e. The van der Waals surface area contributed by atoms with Crippen molar-refractivity contribution in [1.82, 2.24) is 4.31 Å². The molecule has 0 aromatic heterocycles. The second kappa shape index (κ2) is 7.87. The number of nitro benzene ring substituents is 1. The predicted octanol–water partition coefficient (Wildman–Crippen LogP) is 2.51. The minimum atomic E-state index is -3.73. The Hall–Kier alpha value is -1.77. The molecule has 24 heavy (non-hydrogen) atoms. The lowest BCUT2D eigenvalue weighted by Gasteiger charge is -2.31. The van der Waals surface area contributed by atoms with E-state index in [-0.39, 0.29) is 10.6 Å². The van der Waals surface area contributed by atoms with Crippen LogP contribution in [-0.4, -0.2) is 43.9 Å². The van der Waals surface area contributed by atoms with Crippen molar-refractivity contribution in [2.24, 2.45) is 5.92 Å². The minimum absolute atomic E-state index is 0.0121. The molecule has 0 atom stereocenters. The van der Waals surface area contributed by atoms with E-state index in [1.165, 1.54) is 16.4 Å². The fraction of sp³-hybridized carbons (Fsp3) is 0.500. The van der Waals surface area contributed by atoms with Crippen LogP contribution in [0.15, 0.2) is 35.7 Å². The first-order valence-corrected chi connectivity index (χ1v) is 9.24. The molecule has 1 aliphatic heterocycles. The summed E-state index contributed by atoms with van der Waals surface area (Å²) in [6.45, 7) is 7.11. The van der Waals surface area contributed by atoms with Gasteiger partial charge in [-0.15, -0.1) is 6.58 Å². The first kappa shape index (κ1) is 18.6. The second-order valence-electron chi connectivity index (χ2n) is 5.88. The molecule has 0 saturated carbocycles. The van der Waals surface area contributed by atoms with Crippen LogP contribution in [0.3, 0.4) is 0 Å². The zero-order chi connectivity index (χ0) is 17.7. The van der Waals surface area contributed by atoms with E-state index in [9.17, 15) is 18.5 Å². The highest BCUT2D eigenvalue weighted by Gasteiger charge is 2.31. The van der Waals surface area contributed by atoms with Crippen molar-refractivity contribution >= 4 is 15.7 Å². The molecule has 0 aliphatic carbocycles. The molecule has 0 spiro atoms. The van der Waals surface area contributed by atoms with Gasteiger partial charge in [0, 0.05) is 31.8 Å². The zero-order valence-electron chi connectivity index (χ0n) is 13.7. The first-order valence-electron chi connectivity index (χ1n) is 7.80. The first-order chi connectivity index (χ1) is 11.4. The van der Waals surface area contributed by atoms with E-state index >= 15 is 0 Å². The molecule has 132 valence electrons. The van der Waals surface area contributed by atoms with Crippen molar-refractivity contribution in [2.75, 3.05) is 26.3 Å². The van der Waals surface area contributed by atoms with Gasteiger partial charge in [0.25, 0.3) is 5.69 Å². The second-order valence-corrected chi connectivity index (χ2v) is 7.79. The van der Waals surface area contributed by atoms with Gasteiger partial charge in [0.1, 0.15) is 0 Å². The molecular weight excluding hydrogens is 332 g/mol. The average molecular weight is 354 g/mol. The van der Waals surface area contributed by atoms with Crippen LogP contribution < -0.4 is 0 Å². The molecule has 0 bridgehead atoms. The third-order valence-electron chi connectivity index (χ3n) is 4.16. The van der Waals surface area contributed by atoms with Crippen LogP contribution in [0.5, 0.6) is 0 Å². The summed E-state index contributed by atoms with van der Waals surface area (Å²) < 4.78 is 32.5. The number of aryl methyl sites for hydroxylation is 1.